The summed E-state index contributed by atoms with van der Waals surface area (Å²) < 4.78 is 342. The van der Waals surface area contributed by atoms with Gasteiger partial charge in [-0.25, -0.2) is 4.84 Å². The number of halogens is 24. The molecule has 1 heterocycles. The highest BCUT2D eigenvalue weighted by molar-refractivity contribution is 7.20. The van der Waals surface area contributed by atoms with E-state index in [1.807, 2.05) is 36.7 Å². The summed E-state index contributed by atoms with van der Waals surface area (Å²) in [5.74, 6) is 0.902. The maximum absolute atomic E-state index is 14.2. The number of fused-ring (bicyclic) bond motifs is 1. The first-order chi connectivity index (χ1) is 34.1. The van der Waals surface area contributed by atoms with Crippen LogP contribution in [0.5, 0.6) is 11.5 Å². The minimum atomic E-state index is -6.13. The molecule has 1 aromatic heterocycles. The number of nitrogens with zero attached hydrogens (tertiary/aromatic N) is 1. The third-order valence-corrected chi connectivity index (χ3v) is 11.2. The molecule has 0 saturated heterocycles. The van der Waals surface area contributed by atoms with E-state index in [-0.39, 0.29) is 5.75 Å². The molecular formula is C47H24BF24NO2. The second-order valence-electron chi connectivity index (χ2n) is 16.2. The summed E-state index contributed by atoms with van der Waals surface area (Å²) >= 11 is 0. The number of hydrogen-bond donors (Lipinski definition) is 1. The summed E-state index contributed by atoms with van der Waals surface area (Å²) in [6.45, 7) is 0. The van der Waals surface area contributed by atoms with E-state index in [2.05, 4.69) is 6.07 Å². The highest BCUT2D eigenvalue weighted by Gasteiger charge is 2.47. The number of benzene rings is 6. The smallest absolute Gasteiger partial charge is 0.416 e. The molecule has 0 unspecified atom stereocenters. The van der Waals surface area contributed by atoms with Gasteiger partial charge in [0, 0.05) is 10.8 Å². The summed E-state index contributed by atoms with van der Waals surface area (Å²) in [6, 6.07) is 7.90. The van der Waals surface area contributed by atoms with Crippen molar-refractivity contribution in [3.63, 3.8) is 0 Å². The van der Waals surface area contributed by atoms with Crippen molar-refractivity contribution in [2.75, 3.05) is 0 Å². The second-order valence-corrected chi connectivity index (χ2v) is 16.2. The number of rotatable bonds is 6. The number of hydrogen-bond acceptors (Lipinski definition) is 2. The standard InChI is InChI=1S/C32H12BF24.C15H11NO2/c34-25(35,36)13-1-14(26(37,38)39)6-21(5-13)33(22-7-15(27(40,41)42)2-16(8-22)28(43,44)45,23-9-17(29(46,47)48)3-18(10-23)30(49,50)51)24-11-19(31(52,53)54)4-20(12-24)32(55,56)57;17-14-5-7-15(8-6-14)18-16-10-9-12-3-1-2-4-13(12)11-16/h1-12H;1-11H/q-1;/p+1. The number of phenols is 1. The Morgan fingerprint density at radius 2 is 0.573 bits per heavy atom. The Labute approximate surface area is 403 Å². The van der Waals surface area contributed by atoms with Crippen LogP contribution in [-0.4, -0.2) is 11.3 Å². The molecular weight excluding hydrogens is 1080 g/mol. The minimum absolute atomic E-state index is 0.228. The number of pyridine rings is 1. The maximum atomic E-state index is 14.2. The molecule has 0 amide bonds. The van der Waals surface area contributed by atoms with Gasteiger partial charge >= 0.3 is 49.4 Å². The zero-order valence-electron chi connectivity index (χ0n) is 36.2. The van der Waals surface area contributed by atoms with Crippen LogP contribution in [0.2, 0.25) is 0 Å². The fraction of sp³-hybridized carbons (Fsp3) is 0.170. The van der Waals surface area contributed by atoms with E-state index in [1.165, 1.54) is 5.39 Å². The van der Waals surface area contributed by atoms with E-state index in [9.17, 15) is 110 Å². The Balaban J connectivity index is 0.000000421. The van der Waals surface area contributed by atoms with Crippen LogP contribution in [0.15, 0.2) is 140 Å². The van der Waals surface area contributed by atoms with Gasteiger partial charge in [0.25, 0.3) is 0 Å². The topological polar surface area (TPSA) is 33.3 Å². The van der Waals surface area contributed by atoms with Gasteiger partial charge in [-0.15, -0.1) is 0 Å². The van der Waals surface area contributed by atoms with Crippen LogP contribution in [0.3, 0.4) is 0 Å². The molecule has 0 saturated carbocycles. The molecule has 7 rings (SSSR count). The van der Waals surface area contributed by atoms with Crippen molar-refractivity contribution in [2.24, 2.45) is 0 Å². The quantitative estimate of drug-likeness (QED) is 0.102. The lowest BCUT2D eigenvalue weighted by atomic mass is 9.12. The fourth-order valence-corrected chi connectivity index (χ4v) is 7.87. The third kappa shape index (κ3) is 13.0. The monoisotopic (exact) mass is 1100 g/mol. The molecule has 0 fully saturated rings. The molecule has 3 nitrogen and oxygen atoms in total. The third-order valence-electron chi connectivity index (χ3n) is 11.2. The SMILES string of the molecule is FC(F)(F)c1cc([B-](c2cc(C(F)(F)F)cc(C(F)(F)F)c2)(c2cc(C(F)(F)F)cc(C(F)(F)F)c2)c2cc(C(F)(F)F)cc(C(F)(F)F)c2)cc(C(F)(F)F)c1.Oc1ccc(O[n+]2ccc3ccccc3c2)cc1. The van der Waals surface area contributed by atoms with Crippen molar-refractivity contribution in [3.05, 3.63) is 184 Å². The highest BCUT2D eigenvalue weighted by Crippen LogP contribution is 2.41. The molecule has 0 bridgehead atoms. The number of aromatic nitrogens is 1. The van der Waals surface area contributed by atoms with E-state index in [1.54, 1.807) is 29.0 Å². The molecule has 28 heteroatoms. The molecule has 7 aromatic rings. The maximum Gasteiger partial charge on any atom is 0.416 e. The fourth-order valence-electron chi connectivity index (χ4n) is 7.87. The van der Waals surface area contributed by atoms with Crippen LogP contribution in [-0.2, 0) is 49.4 Å². The van der Waals surface area contributed by atoms with Gasteiger partial charge in [0.15, 0.2) is 0 Å². The Morgan fingerprint density at radius 3 is 0.827 bits per heavy atom. The van der Waals surface area contributed by atoms with Gasteiger partial charge in [-0.1, -0.05) is 66.7 Å². The van der Waals surface area contributed by atoms with E-state index >= 15 is 0 Å². The Hall–Kier alpha value is -7.29. The molecule has 1 N–H and O–H groups in total. The van der Waals surface area contributed by atoms with E-state index in [0.717, 1.165) is 5.39 Å². The molecule has 0 spiro atoms. The van der Waals surface area contributed by atoms with Gasteiger partial charge in [-0.2, -0.15) is 127 Å². The molecule has 0 radical (unpaired) electrons. The Morgan fingerprint density at radius 1 is 0.320 bits per heavy atom. The summed E-state index contributed by atoms with van der Waals surface area (Å²) in [6.07, 6.45) is -51.0. The van der Waals surface area contributed by atoms with Gasteiger partial charge in [0.2, 0.25) is 18.1 Å². The normalized spacial score (nSPS) is 13.4. The van der Waals surface area contributed by atoms with Crippen molar-refractivity contribution in [1.82, 2.24) is 0 Å². The van der Waals surface area contributed by atoms with Crippen LogP contribution >= 0.6 is 0 Å². The second kappa shape index (κ2) is 19.4. The summed E-state index contributed by atoms with van der Waals surface area (Å²) in [5.41, 5.74) is -30.2. The molecule has 0 aliphatic heterocycles. The Bertz CT molecular complexity index is 2760. The van der Waals surface area contributed by atoms with Crippen molar-refractivity contribution in [2.45, 2.75) is 49.4 Å². The van der Waals surface area contributed by atoms with E-state index in [0.29, 0.717) is 5.75 Å². The lowest BCUT2D eigenvalue weighted by molar-refractivity contribution is -0.874. The van der Waals surface area contributed by atoms with E-state index in [4.69, 9.17) is 4.84 Å². The molecule has 0 aliphatic carbocycles. The molecule has 75 heavy (non-hydrogen) atoms. The number of phenolic OH excluding ortho intramolecular Hbond substituents is 1. The molecule has 6 aromatic carbocycles. The van der Waals surface area contributed by atoms with Gasteiger partial charge < -0.3 is 5.11 Å². The van der Waals surface area contributed by atoms with Gasteiger partial charge in [-0.3, -0.25) is 0 Å². The van der Waals surface area contributed by atoms with Gasteiger partial charge in [-0.05, 0) is 60.0 Å². The summed E-state index contributed by atoms with van der Waals surface area (Å²) in [7, 11) is 0. The average molecular weight is 1100 g/mol. The highest BCUT2D eigenvalue weighted by atomic mass is 19.4. The van der Waals surface area contributed by atoms with Crippen LogP contribution in [0.25, 0.3) is 10.8 Å². The van der Waals surface area contributed by atoms with Crippen molar-refractivity contribution in [1.29, 1.82) is 0 Å². The first-order valence-corrected chi connectivity index (χ1v) is 20.3. The van der Waals surface area contributed by atoms with Crippen molar-refractivity contribution < 1.29 is 120 Å². The summed E-state index contributed by atoms with van der Waals surface area (Å²) in [5, 5.41) is 11.5. The van der Waals surface area contributed by atoms with Crippen LogP contribution in [0, 0.1) is 0 Å². The average Bonchev–Trinajstić information content (AvgIpc) is 3.27. The zero-order chi connectivity index (χ0) is 56.3. The van der Waals surface area contributed by atoms with Crippen molar-refractivity contribution >= 4 is 38.8 Å². The lowest BCUT2D eigenvalue weighted by Gasteiger charge is -2.46. The van der Waals surface area contributed by atoms with Crippen LogP contribution < -0.4 is 31.4 Å². The predicted octanol–water partition coefficient (Wildman–Crippen LogP) is 13.9. The largest absolute Gasteiger partial charge is 0.508 e. The van der Waals surface area contributed by atoms with E-state index < -0.39 is 195 Å². The van der Waals surface area contributed by atoms with Gasteiger partial charge in [0.1, 0.15) is 11.9 Å². The zero-order valence-corrected chi connectivity index (χ0v) is 36.2. The first kappa shape index (κ1) is 57.0. The van der Waals surface area contributed by atoms with Crippen LogP contribution in [0.4, 0.5) is 105 Å². The number of alkyl halides is 24. The lowest BCUT2D eigenvalue weighted by Crippen LogP contribution is -2.75. The van der Waals surface area contributed by atoms with Crippen molar-refractivity contribution in [3.8, 4) is 11.5 Å². The summed E-state index contributed by atoms with van der Waals surface area (Å²) in [4.78, 5) is 5.65. The molecule has 0 atom stereocenters. The van der Waals surface area contributed by atoms with Gasteiger partial charge in [0.05, 0.1) is 49.9 Å². The van der Waals surface area contributed by atoms with Crippen LogP contribution in [0.1, 0.15) is 44.5 Å². The minimum Gasteiger partial charge on any atom is -0.508 e. The first-order valence-electron chi connectivity index (χ1n) is 20.3. The Kier molecular flexibility index (Phi) is 14.8. The molecule has 400 valence electrons. The molecule has 0 aliphatic rings. The number of aromatic hydroxyl groups is 1. The predicted molar refractivity (Wildman–Crippen MR) is 218 cm³/mol.